The van der Waals surface area contributed by atoms with E-state index in [-0.39, 0.29) is 11.7 Å². The van der Waals surface area contributed by atoms with Crippen LogP contribution in [0, 0.1) is 0 Å². The molecule has 19 heavy (non-hydrogen) atoms. The molecule has 4 heteroatoms. The number of aldehydes is 1. The summed E-state index contributed by atoms with van der Waals surface area (Å²) in [5.74, 6) is 0.328. The van der Waals surface area contributed by atoms with E-state index >= 15 is 0 Å². The normalized spacial score (nSPS) is 25.9. The lowest BCUT2D eigenvalue weighted by atomic mass is 10.0. The van der Waals surface area contributed by atoms with Crippen molar-refractivity contribution in [2.45, 2.75) is 25.6 Å². The number of halogens is 1. The van der Waals surface area contributed by atoms with Crippen LogP contribution in [0.1, 0.15) is 24.9 Å². The number of allylic oxidation sites excluding steroid dienone is 2. The van der Waals surface area contributed by atoms with Gasteiger partial charge in [0.1, 0.15) is 11.5 Å². The predicted molar refractivity (Wildman–Crippen MR) is 73.7 cm³/mol. The first-order valence-electron chi connectivity index (χ1n) is 6.29. The number of nitrogens with zero attached hydrogens (tertiary/aromatic N) is 2. The molecule has 0 N–H and O–H groups in total. The van der Waals surface area contributed by atoms with E-state index in [1.165, 1.54) is 0 Å². The Morgan fingerprint density at radius 1 is 1.42 bits per heavy atom. The van der Waals surface area contributed by atoms with Gasteiger partial charge in [0.25, 0.3) is 0 Å². The first-order chi connectivity index (χ1) is 9.17. The second kappa shape index (κ2) is 5.78. The lowest BCUT2D eigenvalue weighted by Gasteiger charge is -2.21. The zero-order chi connectivity index (χ0) is 13.8. The molecule has 0 saturated carbocycles. The van der Waals surface area contributed by atoms with Gasteiger partial charge >= 0.3 is 0 Å². The maximum absolute atomic E-state index is 14.1. The highest BCUT2D eigenvalue weighted by atomic mass is 19.1. The third-order valence-electron chi connectivity index (χ3n) is 3.38. The Hall–Kier alpha value is -1.97. The van der Waals surface area contributed by atoms with E-state index in [1.807, 2.05) is 42.3 Å². The van der Waals surface area contributed by atoms with Gasteiger partial charge in [0.05, 0.1) is 6.04 Å². The zero-order valence-electron chi connectivity index (χ0n) is 11.1. The molecule has 0 amide bonds. The third kappa shape index (κ3) is 2.72. The fourth-order valence-electron chi connectivity index (χ4n) is 2.32. The fraction of sp³-hybridized carbons (Fsp3) is 0.333. The van der Waals surface area contributed by atoms with Crippen molar-refractivity contribution in [3.05, 3.63) is 47.7 Å². The smallest absolute Gasteiger partial charge is 0.168 e. The topological polar surface area (TPSA) is 32.7 Å². The van der Waals surface area contributed by atoms with Crippen LogP contribution in [0.2, 0.25) is 0 Å². The summed E-state index contributed by atoms with van der Waals surface area (Å²) >= 11 is 0. The van der Waals surface area contributed by atoms with E-state index in [2.05, 4.69) is 4.99 Å². The van der Waals surface area contributed by atoms with Gasteiger partial charge in [0, 0.05) is 13.5 Å². The number of alkyl halides is 1. The summed E-state index contributed by atoms with van der Waals surface area (Å²) in [6.07, 6.45) is 1.46. The van der Waals surface area contributed by atoms with E-state index in [9.17, 15) is 9.18 Å². The summed E-state index contributed by atoms with van der Waals surface area (Å²) in [6, 6.07) is 9.74. The number of aliphatic imine (C=N–C) groups is 1. The Morgan fingerprint density at radius 2 is 2.11 bits per heavy atom. The molecule has 2 atom stereocenters. The largest absolute Gasteiger partial charge is 0.353 e. The van der Waals surface area contributed by atoms with Gasteiger partial charge in [-0.3, -0.25) is 4.79 Å². The number of carbonyl (C=O) groups excluding carboxylic acids is 1. The summed E-state index contributed by atoms with van der Waals surface area (Å²) in [7, 11) is 1.81. The van der Waals surface area contributed by atoms with Crippen LogP contribution in [0.15, 0.2) is 47.1 Å². The van der Waals surface area contributed by atoms with Gasteiger partial charge in [-0.25, -0.2) is 9.38 Å². The number of benzene rings is 1. The summed E-state index contributed by atoms with van der Waals surface area (Å²) in [5, 5.41) is 0. The SMILES string of the molecule is C/C=C(\C=O)N=C1[C@@H](F)C[C@@H](c2ccccc2)N1C. The number of hydrogen-bond acceptors (Lipinski definition) is 2. The third-order valence-corrected chi connectivity index (χ3v) is 3.38. The summed E-state index contributed by atoms with van der Waals surface area (Å²) < 4.78 is 14.1. The average molecular weight is 260 g/mol. The van der Waals surface area contributed by atoms with Crippen molar-refractivity contribution in [3.63, 3.8) is 0 Å². The number of hydrogen-bond donors (Lipinski definition) is 0. The van der Waals surface area contributed by atoms with E-state index in [0.29, 0.717) is 18.5 Å². The summed E-state index contributed by atoms with van der Waals surface area (Å²) in [5.41, 5.74) is 1.32. The Morgan fingerprint density at radius 3 is 2.68 bits per heavy atom. The van der Waals surface area contributed by atoms with E-state index in [4.69, 9.17) is 0 Å². The fourth-order valence-corrected chi connectivity index (χ4v) is 2.32. The zero-order valence-corrected chi connectivity index (χ0v) is 11.1. The summed E-state index contributed by atoms with van der Waals surface area (Å²) in [4.78, 5) is 16.7. The van der Waals surface area contributed by atoms with Crippen molar-refractivity contribution in [1.29, 1.82) is 0 Å². The molecule has 0 aromatic heterocycles. The van der Waals surface area contributed by atoms with E-state index in [1.54, 1.807) is 13.0 Å². The molecule has 0 aliphatic carbocycles. The highest BCUT2D eigenvalue weighted by Gasteiger charge is 2.36. The average Bonchev–Trinajstić information content (AvgIpc) is 2.73. The molecule has 0 spiro atoms. The molecule has 0 radical (unpaired) electrons. The van der Waals surface area contributed by atoms with Gasteiger partial charge in [-0.15, -0.1) is 0 Å². The van der Waals surface area contributed by atoms with Crippen LogP contribution in [0.4, 0.5) is 4.39 Å². The lowest BCUT2D eigenvalue weighted by Crippen LogP contribution is -2.26. The number of amidine groups is 1. The molecule has 3 nitrogen and oxygen atoms in total. The second-order valence-electron chi connectivity index (χ2n) is 4.54. The predicted octanol–water partition coefficient (Wildman–Crippen LogP) is 2.90. The number of rotatable bonds is 3. The first-order valence-corrected chi connectivity index (χ1v) is 6.29. The van der Waals surface area contributed by atoms with Crippen LogP contribution in [-0.2, 0) is 4.79 Å². The second-order valence-corrected chi connectivity index (χ2v) is 4.54. The summed E-state index contributed by atoms with van der Waals surface area (Å²) in [6.45, 7) is 1.71. The van der Waals surface area contributed by atoms with Crippen LogP contribution < -0.4 is 0 Å². The Bertz CT molecular complexity index is 510. The molecule has 0 bridgehead atoms. The molecule has 1 fully saturated rings. The maximum Gasteiger partial charge on any atom is 0.168 e. The van der Waals surface area contributed by atoms with Crippen LogP contribution in [-0.4, -0.2) is 30.2 Å². The highest BCUT2D eigenvalue weighted by Crippen LogP contribution is 2.34. The molecule has 2 rings (SSSR count). The first kappa shape index (κ1) is 13.5. The van der Waals surface area contributed by atoms with Gasteiger partial charge in [0.15, 0.2) is 12.5 Å². The number of likely N-dealkylation sites (tertiary alicyclic amines) is 1. The Labute approximate surface area is 112 Å². The van der Waals surface area contributed by atoms with E-state index < -0.39 is 6.17 Å². The Balaban J connectivity index is 2.29. The van der Waals surface area contributed by atoms with Gasteiger partial charge in [-0.1, -0.05) is 36.4 Å². The monoisotopic (exact) mass is 260 g/mol. The molecular weight excluding hydrogens is 243 g/mol. The Kier molecular flexibility index (Phi) is 4.10. The molecule has 0 unspecified atom stereocenters. The standard InChI is InChI=1S/C15H17FN2O/c1-3-12(10-19)17-15-13(16)9-14(18(15)2)11-7-5-4-6-8-11/h3-8,10,13-14H,9H2,1-2H3/b12-3+,17-15?/t13-,14-/m0/s1. The molecular formula is C15H17FN2O. The molecule has 1 saturated heterocycles. The molecule has 1 aliphatic rings. The van der Waals surface area contributed by atoms with Crippen molar-refractivity contribution < 1.29 is 9.18 Å². The van der Waals surface area contributed by atoms with Gasteiger partial charge in [-0.05, 0) is 12.5 Å². The quantitative estimate of drug-likeness (QED) is 0.618. The molecule has 1 aromatic rings. The highest BCUT2D eigenvalue weighted by molar-refractivity contribution is 5.92. The van der Waals surface area contributed by atoms with Crippen LogP contribution in [0.3, 0.4) is 0 Å². The minimum atomic E-state index is -1.13. The van der Waals surface area contributed by atoms with Crippen molar-refractivity contribution in [3.8, 4) is 0 Å². The van der Waals surface area contributed by atoms with Crippen LogP contribution in [0.5, 0.6) is 0 Å². The molecule has 100 valence electrons. The van der Waals surface area contributed by atoms with Crippen LogP contribution in [0.25, 0.3) is 0 Å². The van der Waals surface area contributed by atoms with Crippen molar-refractivity contribution in [1.82, 2.24) is 4.90 Å². The van der Waals surface area contributed by atoms with Crippen molar-refractivity contribution in [2.75, 3.05) is 7.05 Å². The minimum Gasteiger partial charge on any atom is -0.353 e. The van der Waals surface area contributed by atoms with Crippen LogP contribution >= 0.6 is 0 Å². The van der Waals surface area contributed by atoms with Gasteiger partial charge in [0.2, 0.25) is 0 Å². The van der Waals surface area contributed by atoms with E-state index in [0.717, 1.165) is 5.56 Å². The van der Waals surface area contributed by atoms with Gasteiger partial charge in [-0.2, -0.15) is 0 Å². The molecule has 1 aromatic carbocycles. The minimum absolute atomic E-state index is 0.0280. The molecule has 1 heterocycles. The number of carbonyl (C=O) groups is 1. The van der Waals surface area contributed by atoms with Crippen molar-refractivity contribution >= 4 is 12.1 Å². The van der Waals surface area contributed by atoms with Gasteiger partial charge < -0.3 is 4.90 Å². The maximum atomic E-state index is 14.1. The lowest BCUT2D eigenvalue weighted by molar-refractivity contribution is -0.104. The molecule has 1 aliphatic heterocycles. The van der Waals surface area contributed by atoms with Crippen molar-refractivity contribution in [2.24, 2.45) is 4.99 Å².